The molecule has 0 saturated carbocycles. The third kappa shape index (κ3) is 4.54. The van der Waals surface area contributed by atoms with Gasteiger partial charge in [-0.1, -0.05) is 18.2 Å². The summed E-state index contributed by atoms with van der Waals surface area (Å²) in [6.45, 7) is -0.0522. The van der Waals surface area contributed by atoms with Crippen LogP contribution in [0.15, 0.2) is 48.5 Å². The molecule has 0 bridgehead atoms. The van der Waals surface area contributed by atoms with Crippen molar-refractivity contribution in [2.45, 2.75) is 6.42 Å². The number of carbonyl (C=O) groups excluding carboxylic acids is 1. The molecule has 116 valence electrons. The number of nitriles is 1. The van der Waals surface area contributed by atoms with E-state index >= 15 is 0 Å². The van der Waals surface area contributed by atoms with Gasteiger partial charge in [-0.25, -0.2) is 0 Å². The maximum absolute atomic E-state index is 12.0. The van der Waals surface area contributed by atoms with Crippen LogP contribution >= 0.6 is 0 Å². The molecule has 2 aromatic carbocycles. The molecule has 0 aliphatic carbocycles. The third-order valence-electron chi connectivity index (χ3n) is 2.98. The number of rotatable bonds is 6. The second kappa shape index (κ2) is 7.56. The fourth-order valence-electron chi connectivity index (χ4n) is 1.97. The Balaban J connectivity index is 2.00. The Morgan fingerprint density at radius 1 is 1.22 bits per heavy atom. The van der Waals surface area contributed by atoms with Crippen LogP contribution < -0.4 is 10.1 Å². The lowest BCUT2D eigenvalue weighted by Gasteiger charge is -2.07. The van der Waals surface area contributed by atoms with E-state index in [1.807, 2.05) is 6.07 Å². The Morgan fingerprint density at radius 3 is 2.57 bits per heavy atom. The summed E-state index contributed by atoms with van der Waals surface area (Å²) in [4.78, 5) is 22.4. The number of benzene rings is 2. The number of anilines is 1. The number of nitrogens with zero attached hydrogens (tertiary/aromatic N) is 2. The van der Waals surface area contributed by atoms with Crippen LogP contribution in [0.2, 0.25) is 0 Å². The third-order valence-corrected chi connectivity index (χ3v) is 2.98. The predicted molar refractivity (Wildman–Crippen MR) is 83.0 cm³/mol. The molecule has 0 fully saturated rings. The molecule has 0 aliphatic heterocycles. The van der Waals surface area contributed by atoms with Gasteiger partial charge in [0, 0.05) is 17.3 Å². The smallest absolute Gasteiger partial charge is 0.273 e. The molecule has 7 nitrogen and oxygen atoms in total. The van der Waals surface area contributed by atoms with Crippen molar-refractivity contribution in [2.75, 3.05) is 11.9 Å². The van der Waals surface area contributed by atoms with Crippen molar-refractivity contribution in [2.24, 2.45) is 0 Å². The molecule has 1 N–H and O–H groups in total. The van der Waals surface area contributed by atoms with Crippen LogP contribution in [0.1, 0.15) is 5.56 Å². The van der Waals surface area contributed by atoms with Crippen LogP contribution in [0.25, 0.3) is 0 Å². The van der Waals surface area contributed by atoms with Gasteiger partial charge in [-0.15, -0.1) is 0 Å². The van der Waals surface area contributed by atoms with Crippen molar-refractivity contribution >= 4 is 17.3 Å². The van der Waals surface area contributed by atoms with E-state index < -0.39 is 4.92 Å². The van der Waals surface area contributed by atoms with Gasteiger partial charge >= 0.3 is 0 Å². The Kier molecular flexibility index (Phi) is 5.25. The minimum absolute atomic E-state index is 0.0522. The highest BCUT2D eigenvalue weighted by Gasteiger charge is 2.15. The highest BCUT2D eigenvalue weighted by Crippen LogP contribution is 2.19. The molecular formula is C16H13N3O4. The number of nitrogens with one attached hydrogen (secondary N) is 1. The number of carbonyl (C=O) groups is 1. The van der Waals surface area contributed by atoms with E-state index in [-0.39, 0.29) is 24.6 Å². The topological polar surface area (TPSA) is 105 Å². The summed E-state index contributed by atoms with van der Waals surface area (Å²) in [7, 11) is 0. The van der Waals surface area contributed by atoms with E-state index in [1.165, 1.54) is 6.07 Å². The first kappa shape index (κ1) is 16.0. The molecule has 0 spiro atoms. The van der Waals surface area contributed by atoms with E-state index in [0.717, 1.165) is 0 Å². The Hall–Kier alpha value is -3.40. The summed E-state index contributed by atoms with van der Waals surface area (Å²) in [6.07, 6.45) is -0.0934. The average Bonchev–Trinajstić information content (AvgIpc) is 2.54. The molecule has 2 aromatic rings. The Bertz CT molecular complexity index is 751. The van der Waals surface area contributed by atoms with Gasteiger partial charge in [-0.2, -0.15) is 5.26 Å². The van der Waals surface area contributed by atoms with Crippen molar-refractivity contribution < 1.29 is 14.5 Å². The molecule has 7 heteroatoms. The SMILES string of the molecule is N#CCOc1ccc(NC(=O)Cc2ccccc2[N+](=O)[O-])cc1. The number of amides is 1. The largest absolute Gasteiger partial charge is 0.479 e. The summed E-state index contributed by atoms with van der Waals surface area (Å²) in [5, 5.41) is 22.0. The first-order valence-corrected chi connectivity index (χ1v) is 6.72. The van der Waals surface area contributed by atoms with Crippen LogP contribution in [-0.2, 0) is 11.2 Å². The normalized spacial score (nSPS) is 9.70. The molecule has 1 amide bonds. The number of hydrogen-bond acceptors (Lipinski definition) is 5. The summed E-state index contributed by atoms with van der Waals surface area (Å²) in [6, 6.07) is 14.5. The number of para-hydroxylation sites is 1. The maximum Gasteiger partial charge on any atom is 0.273 e. The molecule has 0 saturated heterocycles. The molecule has 0 aromatic heterocycles. The first-order valence-electron chi connectivity index (χ1n) is 6.72. The lowest BCUT2D eigenvalue weighted by atomic mass is 10.1. The van der Waals surface area contributed by atoms with Crippen LogP contribution in [0.5, 0.6) is 5.75 Å². The van der Waals surface area contributed by atoms with Crippen molar-refractivity contribution in [1.29, 1.82) is 5.26 Å². The van der Waals surface area contributed by atoms with Crippen molar-refractivity contribution in [3.63, 3.8) is 0 Å². The van der Waals surface area contributed by atoms with Crippen molar-refractivity contribution in [1.82, 2.24) is 0 Å². The zero-order chi connectivity index (χ0) is 16.7. The average molecular weight is 311 g/mol. The van der Waals surface area contributed by atoms with E-state index in [1.54, 1.807) is 42.5 Å². The summed E-state index contributed by atoms with van der Waals surface area (Å²) in [5.74, 6) is 0.160. The summed E-state index contributed by atoms with van der Waals surface area (Å²) in [5.41, 5.74) is 0.810. The second-order valence-electron chi connectivity index (χ2n) is 4.58. The van der Waals surface area contributed by atoms with Crippen LogP contribution in [0.3, 0.4) is 0 Å². The minimum atomic E-state index is -0.510. The zero-order valence-corrected chi connectivity index (χ0v) is 12.1. The van der Waals surface area contributed by atoms with E-state index in [9.17, 15) is 14.9 Å². The van der Waals surface area contributed by atoms with Gasteiger partial charge in [-0.05, 0) is 24.3 Å². The molecule has 0 aliphatic rings. The fourth-order valence-corrected chi connectivity index (χ4v) is 1.97. The highest BCUT2D eigenvalue weighted by atomic mass is 16.6. The monoisotopic (exact) mass is 311 g/mol. The molecule has 0 unspecified atom stereocenters. The molecule has 23 heavy (non-hydrogen) atoms. The van der Waals surface area contributed by atoms with Gasteiger partial charge < -0.3 is 10.1 Å². The first-order chi connectivity index (χ1) is 11.1. The van der Waals surface area contributed by atoms with Gasteiger partial charge in [0.25, 0.3) is 5.69 Å². The standard InChI is InChI=1S/C16H13N3O4/c17-9-10-23-14-7-5-13(6-8-14)18-16(20)11-12-3-1-2-4-15(12)19(21)22/h1-8H,10-11H2,(H,18,20). The lowest BCUT2D eigenvalue weighted by molar-refractivity contribution is -0.385. The van der Waals surface area contributed by atoms with Gasteiger partial charge in [0.2, 0.25) is 5.91 Å². The minimum Gasteiger partial charge on any atom is -0.479 e. The lowest BCUT2D eigenvalue weighted by Crippen LogP contribution is -2.15. The van der Waals surface area contributed by atoms with Crippen LogP contribution in [0, 0.1) is 21.4 Å². The molecule has 0 heterocycles. The van der Waals surface area contributed by atoms with Gasteiger partial charge in [0.15, 0.2) is 6.61 Å². The van der Waals surface area contributed by atoms with Crippen LogP contribution in [-0.4, -0.2) is 17.4 Å². The summed E-state index contributed by atoms with van der Waals surface area (Å²) >= 11 is 0. The number of ether oxygens (including phenoxy) is 1. The Morgan fingerprint density at radius 2 is 1.91 bits per heavy atom. The van der Waals surface area contributed by atoms with Gasteiger partial charge in [-0.3, -0.25) is 14.9 Å². The maximum atomic E-state index is 12.0. The second-order valence-corrected chi connectivity index (χ2v) is 4.58. The van der Waals surface area contributed by atoms with Gasteiger partial charge in [0.1, 0.15) is 11.8 Å². The number of nitro benzene ring substituents is 1. The Labute approximate surface area is 132 Å². The van der Waals surface area contributed by atoms with Gasteiger partial charge in [0.05, 0.1) is 11.3 Å². The highest BCUT2D eigenvalue weighted by molar-refractivity contribution is 5.92. The number of hydrogen-bond donors (Lipinski definition) is 1. The summed E-state index contributed by atoms with van der Waals surface area (Å²) < 4.78 is 5.10. The molecule has 0 atom stereocenters. The fraction of sp³-hybridized carbons (Fsp3) is 0.125. The quantitative estimate of drug-likeness (QED) is 0.652. The molecule has 2 rings (SSSR count). The molecular weight excluding hydrogens is 298 g/mol. The van der Waals surface area contributed by atoms with Crippen molar-refractivity contribution in [3.05, 3.63) is 64.2 Å². The number of nitro groups is 1. The molecule has 0 radical (unpaired) electrons. The predicted octanol–water partition coefficient (Wildman–Crippen LogP) is 2.68. The van der Waals surface area contributed by atoms with Crippen molar-refractivity contribution in [3.8, 4) is 11.8 Å². The van der Waals surface area contributed by atoms with E-state index in [2.05, 4.69) is 5.32 Å². The van der Waals surface area contributed by atoms with E-state index in [4.69, 9.17) is 10.00 Å². The van der Waals surface area contributed by atoms with E-state index in [0.29, 0.717) is 17.0 Å². The van der Waals surface area contributed by atoms with Crippen LogP contribution in [0.4, 0.5) is 11.4 Å². The zero-order valence-electron chi connectivity index (χ0n) is 12.1.